The van der Waals surface area contributed by atoms with E-state index in [1.807, 2.05) is 0 Å². The van der Waals surface area contributed by atoms with Gasteiger partial charge in [-0.15, -0.1) is 0 Å². The molecule has 1 fully saturated rings. The lowest BCUT2D eigenvalue weighted by Crippen LogP contribution is -2.41. The minimum Gasteiger partial charge on any atom is -0.393 e. The van der Waals surface area contributed by atoms with Crippen LogP contribution in [0.4, 0.5) is 0 Å². The Kier molecular flexibility index (Phi) is 3.13. The summed E-state index contributed by atoms with van der Waals surface area (Å²) in [4.78, 5) is 0. The Labute approximate surface area is 75.8 Å². The second-order valence-electron chi connectivity index (χ2n) is 5.16. The second kappa shape index (κ2) is 3.75. The monoisotopic (exact) mass is 172 g/mol. The zero-order chi connectivity index (χ0) is 9.19. The lowest BCUT2D eigenvalue weighted by atomic mass is 9.87. The molecule has 0 heterocycles. The molecular weight excluding hydrogens is 150 g/mol. The van der Waals surface area contributed by atoms with Crippen LogP contribution in [0.3, 0.4) is 0 Å². The molecule has 0 bridgehead atoms. The Bertz CT molecular complexity index is 139. The first kappa shape index (κ1) is 10.0. The number of aliphatic hydroxyl groups excluding tert-OH is 1. The van der Waals surface area contributed by atoms with Gasteiger partial charge in [0, 0.05) is 5.92 Å². The number of hydrogen-bond donors (Lipinski definition) is 1. The van der Waals surface area contributed by atoms with Gasteiger partial charge in [0.2, 0.25) is 0 Å². The normalized spacial score (nSPS) is 32.0. The average molecular weight is 172 g/mol. The highest BCUT2D eigenvalue weighted by atomic mass is 16.3. The molecule has 0 unspecified atom stereocenters. The summed E-state index contributed by atoms with van der Waals surface area (Å²) in [5, 5.41) is 9.47. The molecule has 2 heteroatoms. The fourth-order valence-corrected chi connectivity index (χ4v) is 2.20. The molecule has 1 aliphatic carbocycles. The van der Waals surface area contributed by atoms with E-state index in [2.05, 4.69) is 21.1 Å². The molecule has 0 aromatic heterocycles. The van der Waals surface area contributed by atoms with Crippen LogP contribution in [-0.2, 0) is 0 Å². The second-order valence-corrected chi connectivity index (χ2v) is 5.16. The van der Waals surface area contributed by atoms with Gasteiger partial charge in [0.15, 0.2) is 0 Å². The number of quaternary nitrogens is 1. The van der Waals surface area contributed by atoms with Gasteiger partial charge in [-0.2, -0.15) is 0 Å². The van der Waals surface area contributed by atoms with Crippen LogP contribution in [0, 0.1) is 5.92 Å². The molecule has 1 saturated carbocycles. The van der Waals surface area contributed by atoms with E-state index in [0.717, 1.165) is 23.2 Å². The zero-order valence-electron chi connectivity index (χ0n) is 8.58. The van der Waals surface area contributed by atoms with E-state index in [1.165, 1.54) is 19.4 Å². The van der Waals surface area contributed by atoms with Gasteiger partial charge < -0.3 is 9.59 Å². The Morgan fingerprint density at radius 2 is 1.92 bits per heavy atom. The topological polar surface area (TPSA) is 20.2 Å². The third-order valence-corrected chi connectivity index (χ3v) is 2.56. The SMILES string of the molecule is C[N+](C)(C)C[C@H]1CCC[C@H](O)C1. The van der Waals surface area contributed by atoms with Crippen LogP contribution < -0.4 is 0 Å². The fourth-order valence-electron chi connectivity index (χ4n) is 2.20. The largest absolute Gasteiger partial charge is 0.393 e. The Morgan fingerprint density at radius 1 is 1.25 bits per heavy atom. The summed E-state index contributed by atoms with van der Waals surface area (Å²) in [6.07, 6.45) is 4.55. The first-order valence-corrected chi connectivity index (χ1v) is 4.96. The summed E-state index contributed by atoms with van der Waals surface area (Å²) in [5.41, 5.74) is 0. The van der Waals surface area contributed by atoms with E-state index in [4.69, 9.17) is 0 Å². The maximum absolute atomic E-state index is 9.47. The summed E-state index contributed by atoms with van der Waals surface area (Å²) < 4.78 is 1.03. The Hall–Kier alpha value is -0.0800. The number of hydrogen-bond acceptors (Lipinski definition) is 1. The van der Waals surface area contributed by atoms with Crippen molar-refractivity contribution in [2.24, 2.45) is 5.92 Å². The van der Waals surface area contributed by atoms with E-state index >= 15 is 0 Å². The summed E-state index contributed by atoms with van der Waals surface area (Å²) >= 11 is 0. The van der Waals surface area contributed by atoms with Gasteiger partial charge in [-0.1, -0.05) is 6.42 Å². The van der Waals surface area contributed by atoms with Crippen molar-refractivity contribution in [3.05, 3.63) is 0 Å². The van der Waals surface area contributed by atoms with Crippen LogP contribution in [0.5, 0.6) is 0 Å². The van der Waals surface area contributed by atoms with Gasteiger partial charge in [0.25, 0.3) is 0 Å². The molecule has 2 atom stereocenters. The number of nitrogens with zero attached hydrogens (tertiary/aromatic N) is 1. The minimum absolute atomic E-state index is 0.0182. The Balaban J connectivity index is 2.32. The van der Waals surface area contributed by atoms with Gasteiger partial charge in [-0.05, 0) is 19.3 Å². The van der Waals surface area contributed by atoms with Gasteiger partial charge in [0.05, 0.1) is 33.8 Å². The summed E-state index contributed by atoms with van der Waals surface area (Å²) in [5.74, 6) is 0.744. The summed E-state index contributed by atoms with van der Waals surface area (Å²) in [6.45, 7) is 1.21. The highest BCUT2D eigenvalue weighted by Gasteiger charge is 2.24. The van der Waals surface area contributed by atoms with Crippen molar-refractivity contribution in [1.82, 2.24) is 0 Å². The van der Waals surface area contributed by atoms with Crippen molar-refractivity contribution in [2.45, 2.75) is 31.8 Å². The lowest BCUT2D eigenvalue weighted by molar-refractivity contribution is -0.874. The predicted octanol–water partition coefficient (Wildman–Crippen LogP) is 1.24. The molecule has 72 valence electrons. The van der Waals surface area contributed by atoms with Crippen LogP contribution in [-0.4, -0.2) is 43.4 Å². The molecule has 0 amide bonds. The van der Waals surface area contributed by atoms with Crippen molar-refractivity contribution >= 4 is 0 Å². The smallest absolute Gasteiger partial charge is 0.0809 e. The molecule has 0 saturated heterocycles. The highest BCUT2D eigenvalue weighted by molar-refractivity contribution is 4.71. The third kappa shape index (κ3) is 3.55. The van der Waals surface area contributed by atoms with E-state index in [1.54, 1.807) is 0 Å². The van der Waals surface area contributed by atoms with Crippen LogP contribution in [0.1, 0.15) is 25.7 Å². The Morgan fingerprint density at radius 3 is 2.42 bits per heavy atom. The van der Waals surface area contributed by atoms with Crippen LogP contribution >= 0.6 is 0 Å². The molecule has 0 spiro atoms. The van der Waals surface area contributed by atoms with E-state index in [9.17, 15) is 5.11 Å². The minimum atomic E-state index is -0.0182. The summed E-state index contributed by atoms with van der Waals surface area (Å²) in [7, 11) is 6.67. The van der Waals surface area contributed by atoms with E-state index in [0.29, 0.717) is 0 Å². The molecular formula is C10H22NO+. The molecule has 1 rings (SSSR count). The van der Waals surface area contributed by atoms with Crippen LogP contribution in [0.25, 0.3) is 0 Å². The third-order valence-electron chi connectivity index (χ3n) is 2.56. The molecule has 2 nitrogen and oxygen atoms in total. The maximum Gasteiger partial charge on any atom is 0.0809 e. The summed E-state index contributed by atoms with van der Waals surface area (Å²) in [6, 6.07) is 0. The lowest BCUT2D eigenvalue weighted by Gasteiger charge is -2.32. The first-order valence-electron chi connectivity index (χ1n) is 4.96. The molecule has 0 aromatic carbocycles. The average Bonchev–Trinajstić information content (AvgIpc) is 1.82. The highest BCUT2D eigenvalue weighted by Crippen LogP contribution is 2.25. The van der Waals surface area contributed by atoms with Crippen molar-refractivity contribution < 1.29 is 9.59 Å². The van der Waals surface area contributed by atoms with E-state index < -0.39 is 0 Å². The maximum atomic E-state index is 9.47. The standard InChI is InChI=1S/C10H22NO/c1-11(2,3)8-9-5-4-6-10(12)7-9/h9-10,12H,4-8H2,1-3H3/q+1/t9-,10-/m0/s1. The molecule has 0 aliphatic heterocycles. The van der Waals surface area contributed by atoms with Gasteiger partial charge in [-0.25, -0.2) is 0 Å². The van der Waals surface area contributed by atoms with Gasteiger partial charge in [-0.3, -0.25) is 0 Å². The zero-order valence-corrected chi connectivity index (χ0v) is 8.58. The van der Waals surface area contributed by atoms with Crippen molar-refractivity contribution in [3.63, 3.8) is 0 Å². The van der Waals surface area contributed by atoms with Gasteiger partial charge >= 0.3 is 0 Å². The quantitative estimate of drug-likeness (QED) is 0.621. The molecule has 0 radical (unpaired) electrons. The van der Waals surface area contributed by atoms with Gasteiger partial charge in [0.1, 0.15) is 0 Å². The molecule has 0 aromatic rings. The first-order chi connectivity index (χ1) is 5.47. The predicted molar refractivity (Wildman–Crippen MR) is 50.9 cm³/mol. The molecule has 12 heavy (non-hydrogen) atoms. The fraction of sp³-hybridized carbons (Fsp3) is 1.00. The van der Waals surface area contributed by atoms with Crippen molar-refractivity contribution in [3.8, 4) is 0 Å². The number of aliphatic hydroxyl groups is 1. The molecule has 1 aliphatic rings. The number of rotatable bonds is 2. The molecule has 1 N–H and O–H groups in total. The van der Waals surface area contributed by atoms with Crippen molar-refractivity contribution in [2.75, 3.05) is 27.7 Å². The van der Waals surface area contributed by atoms with E-state index in [-0.39, 0.29) is 6.10 Å². The van der Waals surface area contributed by atoms with Crippen molar-refractivity contribution in [1.29, 1.82) is 0 Å². The van der Waals surface area contributed by atoms with Crippen LogP contribution in [0.15, 0.2) is 0 Å². The van der Waals surface area contributed by atoms with Crippen LogP contribution in [0.2, 0.25) is 0 Å².